The molecule has 27 heavy (non-hydrogen) atoms. The molecule has 1 unspecified atom stereocenters. The molecule has 0 bridgehead atoms. The Hall–Kier alpha value is -2.35. The number of rotatable bonds is 3. The molecule has 0 amide bonds. The van der Waals surface area contributed by atoms with Crippen LogP contribution in [0.4, 0.5) is 13.2 Å². The highest BCUT2D eigenvalue weighted by molar-refractivity contribution is 5.83. The van der Waals surface area contributed by atoms with Crippen molar-refractivity contribution in [2.75, 3.05) is 33.2 Å². The van der Waals surface area contributed by atoms with Crippen LogP contribution in [0, 0.1) is 0 Å². The second-order valence-corrected chi connectivity index (χ2v) is 6.63. The molecule has 1 aliphatic heterocycles. The number of aliphatic imine (C=N–C) groups is 1. The number of aromatic nitrogens is 1. The summed E-state index contributed by atoms with van der Waals surface area (Å²) in [6.45, 7) is 3.54. The minimum absolute atomic E-state index is 0.361. The first-order valence-corrected chi connectivity index (χ1v) is 8.99. The number of para-hydroxylation sites is 1. The summed E-state index contributed by atoms with van der Waals surface area (Å²) >= 11 is 0. The molecule has 146 valence electrons. The molecule has 0 spiro atoms. The third kappa shape index (κ3) is 4.50. The Morgan fingerprint density at radius 3 is 2.56 bits per heavy atom. The van der Waals surface area contributed by atoms with Crippen molar-refractivity contribution in [1.82, 2.24) is 20.1 Å². The Morgan fingerprint density at radius 2 is 1.89 bits per heavy atom. The molecule has 1 aromatic heterocycles. The van der Waals surface area contributed by atoms with E-state index in [0.717, 1.165) is 16.5 Å². The highest BCUT2D eigenvalue weighted by Crippen LogP contribution is 2.25. The molecular formula is C19H24F3N5. The van der Waals surface area contributed by atoms with Gasteiger partial charge < -0.3 is 10.2 Å². The maximum atomic E-state index is 12.9. The number of nitrogens with one attached hydrogen (secondary N) is 1. The molecule has 5 nitrogen and oxygen atoms in total. The fourth-order valence-electron chi connectivity index (χ4n) is 3.34. The van der Waals surface area contributed by atoms with Crippen LogP contribution >= 0.6 is 0 Å². The van der Waals surface area contributed by atoms with Crippen LogP contribution in [0.1, 0.15) is 12.5 Å². The fraction of sp³-hybridized carbons (Fsp3) is 0.474. The molecular weight excluding hydrogens is 355 g/mol. The van der Waals surface area contributed by atoms with Gasteiger partial charge in [0.05, 0.1) is 5.52 Å². The lowest BCUT2D eigenvalue weighted by Crippen LogP contribution is -2.56. The van der Waals surface area contributed by atoms with Gasteiger partial charge in [-0.25, -0.2) is 0 Å². The van der Waals surface area contributed by atoms with E-state index in [-0.39, 0.29) is 0 Å². The topological polar surface area (TPSA) is 43.8 Å². The van der Waals surface area contributed by atoms with Gasteiger partial charge >= 0.3 is 6.18 Å². The molecule has 1 aromatic carbocycles. The van der Waals surface area contributed by atoms with Gasteiger partial charge in [0.15, 0.2) is 5.96 Å². The normalized spacial score (nSPS) is 18.0. The van der Waals surface area contributed by atoms with Crippen LogP contribution < -0.4 is 5.32 Å². The van der Waals surface area contributed by atoms with E-state index in [1.165, 1.54) is 11.8 Å². The highest BCUT2D eigenvalue weighted by Gasteiger charge is 2.41. The molecule has 3 rings (SSSR count). The lowest BCUT2D eigenvalue weighted by Gasteiger charge is -2.39. The van der Waals surface area contributed by atoms with Gasteiger partial charge in [0, 0.05) is 51.4 Å². The first kappa shape index (κ1) is 19.4. The zero-order valence-corrected chi connectivity index (χ0v) is 15.5. The first-order chi connectivity index (χ1) is 12.9. The number of halogens is 3. The molecule has 1 aliphatic rings. The average Bonchev–Trinajstić information content (AvgIpc) is 2.68. The fourth-order valence-corrected chi connectivity index (χ4v) is 3.34. The van der Waals surface area contributed by atoms with Crippen LogP contribution in [-0.4, -0.2) is 66.2 Å². The van der Waals surface area contributed by atoms with Gasteiger partial charge in [-0.3, -0.25) is 14.9 Å². The minimum atomic E-state index is -4.19. The van der Waals surface area contributed by atoms with Gasteiger partial charge in [-0.1, -0.05) is 18.2 Å². The molecule has 1 fully saturated rings. The third-order valence-electron chi connectivity index (χ3n) is 5.02. The lowest BCUT2D eigenvalue weighted by molar-refractivity contribution is -0.181. The van der Waals surface area contributed by atoms with E-state index >= 15 is 0 Å². The molecule has 0 saturated carbocycles. The maximum Gasteiger partial charge on any atom is 0.403 e. The van der Waals surface area contributed by atoms with Crippen LogP contribution in [-0.2, 0) is 6.54 Å². The van der Waals surface area contributed by atoms with Crippen molar-refractivity contribution < 1.29 is 13.2 Å². The predicted molar refractivity (Wildman–Crippen MR) is 101 cm³/mol. The third-order valence-corrected chi connectivity index (χ3v) is 5.02. The van der Waals surface area contributed by atoms with Gasteiger partial charge in [-0.15, -0.1) is 0 Å². The van der Waals surface area contributed by atoms with Crippen LogP contribution in [0.15, 0.2) is 41.5 Å². The Morgan fingerprint density at radius 1 is 1.19 bits per heavy atom. The van der Waals surface area contributed by atoms with Gasteiger partial charge in [0.2, 0.25) is 0 Å². The number of fused-ring (bicyclic) bond motifs is 1. The van der Waals surface area contributed by atoms with Crippen molar-refractivity contribution in [2.45, 2.75) is 25.7 Å². The predicted octanol–water partition coefficient (Wildman–Crippen LogP) is 2.88. The Bertz CT molecular complexity index is 792. The number of pyridine rings is 1. The molecule has 8 heteroatoms. The largest absolute Gasteiger partial charge is 0.403 e. The number of benzene rings is 1. The van der Waals surface area contributed by atoms with Crippen molar-refractivity contribution in [3.8, 4) is 0 Å². The Balaban J connectivity index is 1.60. The zero-order valence-electron chi connectivity index (χ0n) is 15.5. The summed E-state index contributed by atoms with van der Waals surface area (Å²) in [6.07, 6.45) is -2.41. The van der Waals surface area contributed by atoms with E-state index < -0.39 is 12.2 Å². The summed E-state index contributed by atoms with van der Waals surface area (Å²) in [5.74, 6) is 0.704. The van der Waals surface area contributed by atoms with Crippen molar-refractivity contribution in [2.24, 2.45) is 4.99 Å². The number of hydrogen-bond acceptors (Lipinski definition) is 3. The first-order valence-electron chi connectivity index (χ1n) is 8.99. The van der Waals surface area contributed by atoms with Gasteiger partial charge in [-0.2, -0.15) is 13.2 Å². The molecule has 2 heterocycles. The second-order valence-electron chi connectivity index (χ2n) is 6.63. The molecule has 1 saturated heterocycles. The number of hydrogen-bond donors (Lipinski definition) is 1. The smallest absolute Gasteiger partial charge is 0.352 e. The van der Waals surface area contributed by atoms with Gasteiger partial charge in [0.1, 0.15) is 6.04 Å². The minimum Gasteiger partial charge on any atom is -0.352 e. The lowest BCUT2D eigenvalue weighted by atomic mass is 10.1. The van der Waals surface area contributed by atoms with E-state index in [1.54, 1.807) is 13.2 Å². The van der Waals surface area contributed by atoms with E-state index in [9.17, 15) is 13.2 Å². The van der Waals surface area contributed by atoms with Gasteiger partial charge in [-0.05, 0) is 24.6 Å². The molecule has 0 radical (unpaired) electrons. The molecule has 1 N–H and O–H groups in total. The summed E-state index contributed by atoms with van der Waals surface area (Å²) in [5.41, 5.74) is 2.03. The Kier molecular flexibility index (Phi) is 5.84. The quantitative estimate of drug-likeness (QED) is 0.658. The highest BCUT2D eigenvalue weighted by atomic mass is 19.4. The van der Waals surface area contributed by atoms with E-state index in [1.807, 2.05) is 35.2 Å². The van der Waals surface area contributed by atoms with Crippen molar-refractivity contribution in [1.29, 1.82) is 0 Å². The summed E-state index contributed by atoms with van der Waals surface area (Å²) in [6, 6.07) is 8.47. The molecule has 0 aliphatic carbocycles. The second kappa shape index (κ2) is 8.12. The Labute approximate surface area is 156 Å². The zero-order chi connectivity index (χ0) is 19.4. The summed E-state index contributed by atoms with van der Waals surface area (Å²) in [7, 11) is 1.69. The van der Waals surface area contributed by atoms with E-state index in [2.05, 4.69) is 15.3 Å². The number of alkyl halides is 3. The van der Waals surface area contributed by atoms with Gasteiger partial charge in [0.25, 0.3) is 0 Å². The number of guanidine groups is 1. The van der Waals surface area contributed by atoms with E-state index in [4.69, 9.17) is 0 Å². The monoisotopic (exact) mass is 379 g/mol. The summed E-state index contributed by atoms with van der Waals surface area (Å²) in [4.78, 5) is 12.1. The van der Waals surface area contributed by atoms with Crippen LogP contribution in [0.2, 0.25) is 0 Å². The summed E-state index contributed by atoms with van der Waals surface area (Å²) < 4.78 is 38.7. The average molecular weight is 379 g/mol. The van der Waals surface area contributed by atoms with E-state index in [0.29, 0.717) is 38.7 Å². The van der Waals surface area contributed by atoms with Crippen LogP contribution in [0.5, 0.6) is 0 Å². The summed E-state index contributed by atoms with van der Waals surface area (Å²) in [5, 5.41) is 4.40. The number of piperazine rings is 1. The van der Waals surface area contributed by atoms with Crippen molar-refractivity contribution in [3.63, 3.8) is 0 Å². The number of nitrogens with zero attached hydrogens (tertiary/aromatic N) is 4. The van der Waals surface area contributed by atoms with Crippen molar-refractivity contribution in [3.05, 3.63) is 42.1 Å². The van der Waals surface area contributed by atoms with Crippen LogP contribution in [0.3, 0.4) is 0 Å². The maximum absolute atomic E-state index is 12.9. The van der Waals surface area contributed by atoms with Crippen molar-refractivity contribution >= 4 is 16.9 Å². The van der Waals surface area contributed by atoms with Crippen LogP contribution in [0.25, 0.3) is 10.9 Å². The molecule has 1 atom stereocenters. The molecule has 2 aromatic rings. The SMILES string of the molecule is CN=C(NCc1ccnc2ccccc12)N1CCN(C(C)C(F)(F)F)CC1. The standard InChI is InChI=1S/C19H24F3N5/c1-14(19(20,21)22)26-9-11-27(12-10-26)18(23-2)25-13-15-7-8-24-17-6-4-3-5-16(15)17/h3-8,14H,9-13H2,1-2H3,(H,23,25).